The van der Waals surface area contributed by atoms with Crippen LogP contribution in [0.15, 0.2) is 64.5 Å². The number of sulfone groups is 1. The molecule has 2 aromatic carbocycles. The standard InChI is InChI=1S/C23H23FN2O4S/c1-2-30-23(27)16-7-6-12-26(15-16)22-19-13-17(24)10-11-20(19)25-14-21(22)31(28,29)18-8-4-3-5-9-18/h3-5,8-11,13-14,16H,2,6-7,12,15H2,1H3/t16-/m1/s1. The van der Waals surface area contributed by atoms with Gasteiger partial charge in [0.05, 0.1) is 28.6 Å². The lowest BCUT2D eigenvalue weighted by molar-refractivity contribution is -0.148. The molecule has 0 radical (unpaired) electrons. The van der Waals surface area contributed by atoms with Crippen LogP contribution in [0.5, 0.6) is 0 Å². The van der Waals surface area contributed by atoms with Crippen LogP contribution >= 0.6 is 0 Å². The number of rotatable bonds is 5. The second-order valence-electron chi connectivity index (χ2n) is 7.49. The van der Waals surface area contributed by atoms with Gasteiger partial charge in [-0.15, -0.1) is 0 Å². The van der Waals surface area contributed by atoms with Crippen LogP contribution in [0, 0.1) is 11.7 Å². The zero-order chi connectivity index (χ0) is 22.0. The number of carbonyl (C=O) groups is 1. The summed E-state index contributed by atoms with van der Waals surface area (Å²) in [5.74, 6) is -1.16. The fraction of sp³-hybridized carbons (Fsp3) is 0.304. The zero-order valence-corrected chi connectivity index (χ0v) is 17.9. The second kappa shape index (κ2) is 8.63. The van der Waals surface area contributed by atoms with Crippen molar-refractivity contribution >= 4 is 32.4 Å². The highest BCUT2D eigenvalue weighted by Gasteiger charge is 2.32. The first kappa shape index (κ1) is 21.2. The number of anilines is 1. The van der Waals surface area contributed by atoms with Gasteiger partial charge in [0, 0.05) is 24.7 Å². The number of hydrogen-bond donors (Lipinski definition) is 0. The van der Waals surface area contributed by atoms with E-state index in [0.717, 1.165) is 0 Å². The van der Waals surface area contributed by atoms with E-state index in [-0.39, 0.29) is 28.3 Å². The van der Waals surface area contributed by atoms with Crippen LogP contribution < -0.4 is 4.90 Å². The largest absolute Gasteiger partial charge is 0.466 e. The summed E-state index contributed by atoms with van der Waals surface area (Å²) in [6.07, 6.45) is 2.67. The van der Waals surface area contributed by atoms with Gasteiger partial charge in [0.15, 0.2) is 0 Å². The molecule has 1 aliphatic heterocycles. The second-order valence-corrected chi connectivity index (χ2v) is 9.40. The number of nitrogens with zero attached hydrogens (tertiary/aromatic N) is 2. The van der Waals surface area contributed by atoms with Crippen LogP contribution in [0.1, 0.15) is 19.8 Å². The van der Waals surface area contributed by atoms with E-state index < -0.39 is 15.7 Å². The van der Waals surface area contributed by atoms with Crippen molar-refractivity contribution in [3.8, 4) is 0 Å². The number of halogens is 1. The average Bonchev–Trinajstić information content (AvgIpc) is 2.79. The van der Waals surface area contributed by atoms with Crippen molar-refractivity contribution in [3.05, 3.63) is 60.5 Å². The van der Waals surface area contributed by atoms with Crippen molar-refractivity contribution in [3.63, 3.8) is 0 Å². The first-order valence-electron chi connectivity index (χ1n) is 10.2. The van der Waals surface area contributed by atoms with Gasteiger partial charge >= 0.3 is 5.97 Å². The maximum atomic E-state index is 14.2. The average molecular weight is 443 g/mol. The van der Waals surface area contributed by atoms with E-state index >= 15 is 0 Å². The van der Waals surface area contributed by atoms with Crippen LogP contribution in [-0.2, 0) is 19.4 Å². The number of ether oxygens (including phenoxy) is 1. The van der Waals surface area contributed by atoms with Gasteiger partial charge in [-0.3, -0.25) is 9.78 Å². The van der Waals surface area contributed by atoms with E-state index in [1.807, 2.05) is 4.90 Å². The van der Waals surface area contributed by atoms with Crippen LogP contribution in [0.3, 0.4) is 0 Å². The molecule has 0 aliphatic carbocycles. The Morgan fingerprint density at radius 1 is 1.23 bits per heavy atom. The minimum Gasteiger partial charge on any atom is -0.466 e. The molecule has 0 amide bonds. The molecule has 1 saturated heterocycles. The maximum Gasteiger partial charge on any atom is 0.310 e. The predicted octanol–water partition coefficient (Wildman–Crippen LogP) is 3.99. The quantitative estimate of drug-likeness (QED) is 0.556. The van der Waals surface area contributed by atoms with Gasteiger partial charge < -0.3 is 9.64 Å². The molecule has 3 aromatic rings. The van der Waals surface area contributed by atoms with Crippen LogP contribution in [0.25, 0.3) is 10.9 Å². The molecule has 1 atom stereocenters. The predicted molar refractivity (Wildman–Crippen MR) is 115 cm³/mol. The number of hydrogen-bond acceptors (Lipinski definition) is 6. The minimum absolute atomic E-state index is 0.00121. The molecule has 2 heterocycles. The summed E-state index contributed by atoms with van der Waals surface area (Å²) in [5, 5.41) is 0.404. The third-order valence-corrected chi connectivity index (χ3v) is 7.24. The Morgan fingerprint density at radius 2 is 2.00 bits per heavy atom. The molecule has 0 unspecified atom stereocenters. The summed E-state index contributed by atoms with van der Waals surface area (Å²) in [5.41, 5.74) is 0.865. The lowest BCUT2D eigenvalue weighted by Gasteiger charge is -2.35. The molecule has 1 aliphatic rings. The van der Waals surface area contributed by atoms with Crippen molar-refractivity contribution in [1.29, 1.82) is 0 Å². The van der Waals surface area contributed by atoms with Crippen LogP contribution in [0.2, 0.25) is 0 Å². The molecule has 6 nitrogen and oxygen atoms in total. The third-order valence-electron chi connectivity index (χ3n) is 5.47. The number of esters is 1. The molecule has 0 N–H and O–H groups in total. The number of benzene rings is 2. The summed E-state index contributed by atoms with van der Waals surface area (Å²) < 4.78 is 46.3. The fourth-order valence-corrected chi connectivity index (χ4v) is 5.47. The fourth-order valence-electron chi connectivity index (χ4n) is 4.01. The van der Waals surface area contributed by atoms with Crippen molar-refractivity contribution in [1.82, 2.24) is 4.98 Å². The minimum atomic E-state index is -3.91. The van der Waals surface area contributed by atoms with Gasteiger partial charge in [0.25, 0.3) is 0 Å². The molecule has 0 spiro atoms. The smallest absolute Gasteiger partial charge is 0.310 e. The van der Waals surface area contributed by atoms with E-state index in [0.29, 0.717) is 42.5 Å². The molecule has 8 heteroatoms. The zero-order valence-electron chi connectivity index (χ0n) is 17.1. The topological polar surface area (TPSA) is 76.6 Å². The van der Waals surface area contributed by atoms with Gasteiger partial charge in [-0.1, -0.05) is 18.2 Å². The highest BCUT2D eigenvalue weighted by Crippen LogP contribution is 2.38. The lowest BCUT2D eigenvalue weighted by atomic mass is 9.97. The Balaban J connectivity index is 1.89. The number of carbonyl (C=O) groups excluding carboxylic acids is 1. The maximum absolute atomic E-state index is 14.2. The number of pyridine rings is 1. The first-order chi connectivity index (χ1) is 14.9. The molecule has 1 aromatic heterocycles. The van der Waals surface area contributed by atoms with Crippen molar-refractivity contribution in [2.75, 3.05) is 24.6 Å². The Kier molecular flexibility index (Phi) is 5.91. The van der Waals surface area contributed by atoms with Crippen molar-refractivity contribution < 1.29 is 22.3 Å². The third kappa shape index (κ3) is 4.12. The molecule has 4 rings (SSSR count). The number of piperidine rings is 1. The Hall–Kier alpha value is -3.00. The van der Waals surface area contributed by atoms with E-state index in [1.54, 1.807) is 25.1 Å². The number of aromatic nitrogens is 1. The summed E-state index contributed by atoms with van der Waals surface area (Å²) in [6.45, 7) is 2.88. The summed E-state index contributed by atoms with van der Waals surface area (Å²) in [7, 11) is -3.91. The van der Waals surface area contributed by atoms with E-state index in [1.165, 1.54) is 36.5 Å². The van der Waals surface area contributed by atoms with Gasteiger partial charge in [-0.05, 0) is 50.1 Å². The SMILES string of the molecule is CCOC(=O)[C@@H]1CCCN(c2c(S(=O)(=O)c3ccccc3)cnc3ccc(F)cc23)C1. The summed E-state index contributed by atoms with van der Waals surface area (Å²) in [4.78, 5) is 18.6. The van der Waals surface area contributed by atoms with Gasteiger partial charge in [-0.25, -0.2) is 12.8 Å². The van der Waals surface area contributed by atoms with E-state index in [9.17, 15) is 17.6 Å². The normalized spacial score (nSPS) is 17.0. The highest BCUT2D eigenvalue weighted by molar-refractivity contribution is 7.91. The molecule has 31 heavy (non-hydrogen) atoms. The van der Waals surface area contributed by atoms with Crippen LogP contribution in [0.4, 0.5) is 10.1 Å². The highest BCUT2D eigenvalue weighted by atomic mass is 32.2. The first-order valence-corrected chi connectivity index (χ1v) is 11.7. The monoisotopic (exact) mass is 442 g/mol. The van der Waals surface area contributed by atoms with Crippen molar-refractivity contribution in [2.24, 2.45) is 5.92 Å². The van der Waals surface area contributed by atoms with Crippen LogP contribution in [-0.4, -0.2) is 39.1 Å². The lowest BCUT2D eigenvalue weighted by Crippen LogP contribution is -2.40. The van der Waals surface area contributed by atoms with Gasteiger partial charge in [-0.2, -0.15) is 0 Å². The van der Waals surface area contributed by atoms with E-state index in [2.05, 4.69) is 4.98 Å². The molecule has 162 valence electrons. The van der Waals surface area contributed by atoms with Gasteiger partial charge in [0.1, 0.15) is 10.7 Å². The molecule has 0 bridgehead atoms. The summed E-state index contributed by atoms with van der Waals surface area (Å²) in [6, 6.07) is 12.2. The van der Waals surface area contributed by atoms with E-state index in [4.69, 9.17) is 4.74 Å². The number of fused-ring (bicyclic) bond motifs is 1. The van der Waals surface area contributed by atoms with Gasteiger partial charge in [0.2, 0.25) is 9.84 Å². The Morgan fingerprint density at radius 3 is 2.74 bits per heavy atom. The molecule has 1 fully saturated rings. The molecular formula is C23H23FN2O4S. The molecular weight excluding hydrogens is 419 g/mol. The Labute approximate surface area is 180 Å². The molecule has 0 saturated carbocycles. The summed E-state index contributed by atoms with van der Waals surface area (Å²) >= 11 is 0. The Bertz CT molecular complexity index is 1210. The van der Waals surface area contributed by atoms with Crippen molar-refractivity contribution in [2.45, 2.75) is 29.6 Å².